The lowest BCUT2D eigenvalue weighted by molar-refractivity contribution is -0.161. The van der Waals surface area contributed by atoms with E-state index in [-0.39, 0.29) is 25.1 Å². The molecule has 3 atom stereocenters. The normalized spacial score (nSPS) is 14.3. The van der Waals surface area contributed by atoms with Crippen molar-refractivity contribution in [2.24, 2.45) is 5.92 Å². The van der Waals surface area contributed by atoms with Gasteiger partial charge in [-0.15, -0.1) is 0 Å². The molecule has 0 aromatic rings. The van der Waals surface area contributed by atoms with E-state index in [1.165, 1.54) is 38.5 Å². The standard InChI is InChI=1S/C37H64O7/c1-4-5-17-24-33(39)25-19-14-10-8-11-15-20-26-34(40)27-22-29-36(41)43-31-35(30-38)44-37(42)28-21-16-12-7-6-9-13-18-23-32(2)3/h10-11,14-15,19-20,25-26,32-35,38-40H,4-9,12-13,16-18,21-24,27-31H2,1-3H3/b14-10-,15-11-,25-19+,26-20+/t33-,34-,35-/m0/s1. The third-order valence-electron chi connectivity index (χ3n) is 7.26. The van der Waals surface area contributed by atoms with Crippen LogP contribution >= 0.6 is 0 Å². The van der Waals surface area contributed by atoms with E-state index in [0.29, 0.717) is 19.3 Å². The molecule has 0 amide bonds. The van der Waals surface area contributed by atoms with Crippen molar-refractivity contribution in [2.45, 2.75) is 155 Å². The number of carbonyl (C=O) groups is 2. The molecule has 3 N–H and O–H groups in total. The highest BCUT2D eigenvalue weighted by Crippen LogP contribution is 2.13. The van der Waals surface area contributed by atoms with Gasteiger partial charge in [0.25, 0.3) is 0 Å². The summed E-state index contributed by atoms with van der Waals surface area (Å²) in [6.45, 7) is 6.10. The molecule has 7 heteroatoms. The number of esters is 2. The Balaban J connectivity index is 3.89. The minimum Gasteiger partial charge on any atom is -0.462 e. The molecule has 0 heterocycles. The lowest BCUT2D eigenvalue weighted by Gasteiger charge is -2.16. The summed E-state index contributed by atoms with van der Waals surface area (Å²) in [7, 11) is 0. The minimum absolute atomic E-state index is 0.135. The number of ether oxygens (including phenoxy) is 2. The van der Waals surface area contributed by atoms with Gasteiger partial charge in [-0.3, -0.25) is 9.59 Å². The van der Waals surface area contributed by atoms with E-state index < -0.39 is 24.8 Å². The lowest BCUT2D eigenvalue weighted by Crippen LogP contribution is -2.28. The number of rotatable bonds is 29. The minimum atomic E-state index is -0.856. The van der Waals surface area contributed by atoms with Crippen molar-refractivity contribution in [2.75, 3.05) is 13.2 Å². The van der Waals surface area contributed by atoms with Gasteiger partial charge in [0.05, 0.1) is 18.8 Å². The maximum Gasteiger partial charge on any atom is 0.306 e. The fraction of sp³-hybridized carbons (Fsp3) is 0.730. The van der Waals surface area contributed by atoms with E-state index >= 15 is 0 Å². The third kappa shape index (κ3) is 29.8. The highest BCUT2D eigenvalue weighted by Gasteiger charge is 2.16. The summed E-state index contributed by atoms with van der Waals surface area (Å²) in [4.78, 5) is 24.1. The van der Waals surface area contributed by atoms with Crippen molar-refractivity contribution in [3.8, 4) is 0 Å². The van der Waals surface area contributed by atoms with E-state index in [4.69, 9.17) is 9.47 Å². The zero-order valence-corrected chi connectivity index (χ0v) is 28.0. The smallest absolute Gasteiger partial charge is 0.306 e. The third-order valence-corrected chi connectivity index (χ3v) is 7.26. The first-order chi connectivity index (χ1) is 21.3. The van der Waals surface area contributed by atoms with Crippen molar-refractivity contribution >= 4 is 11.9 Å². The molecule has 0 rings (SSSR count). The summed E-state index contributed by atoms with van der Waals surface area (Å²) < 4.78 is 10.4. The van der Waals surface area contributed by atoms with Gasteiger partial charge >= 0.3 is 11.9 Å². The Labute approximate surface area is 268 Å². The van der Waals surface area contributed by atoms with Gasteiger partial charge in [0.15, 0.2) is 6.10 Å². The van der Waals surface area contributed by atoms with Crippen molar-refractivity contribution in [3.05, 3.63) is 48.6 Å². The molecule has 0 radical (unpaired) electrons. The number of aliphatic hydroxyl groups is 3. The molecule has 0 aromatic carbocycles. The number of allylic oxidation sites excluding steroid dienone is 6. The second-order valence-electron chi connectivity index (χ2n) is 12.1. The maximum atomic E-state index is 12.1. The largest absolute Gasteiger partial charge is 0.462 e. The maximum absolute atomic E-state index is 12.1. The summed E-state index contributed by atoms with van der Waals surface area (Å²) >= 11 is 0. The Hall–Kier alpha value is -2.22. The van der Waals surface area contributed by atoms with E-state index in [1.807, 2.05) is 36.5 Å². The van der Waals surface area contributed by atoms with Gasteiger partial charge in [0.2, 0.25) is 0 Å². The zero-order valence-electron chi connectivity index (χ0n) is 28.0. The predicted molar refractivity (Wildman–Crippen MR) is 180 cm³/mol. The van der Waals surface area contributed by atoms with Crippen molar-refractivity contribution < 1.29 is 34.4 Å². The van der Waals surface area contributed by atoms with Crippen LogP contribution in [0.2, 0.25) is 0 Å². The average Bonchev–Trinajstić information content (AvgIpc) is 2.99. The first-order valence-electron chi connectivity index (χ1n) is 17.3. The van der Waals surface area contributed by atoms with Crippen LogP contribution in [-0.2, 0) is 19.1 Å². The van der Waals surface area contributed by atoms with Gasteiger partial charge < -0.3 is 24.8 Å². The van der Waals surface area contributed by atoms with Gasteiger partial charge in [-0.2, -0.15) is 0 Å². The summed E-state index contributed by atoms with van der Waals surface area (Å²) in [6, 6.07) is 0. The topological polar surface area (TPSA) is 113 Å². The molecule has 0 unspecified atom stereocenters. The molecule has 0 aliphatic heterocycles. The number of aliphatic hydroxyl groups excluding tert-OH is 3. The lowest BCUT2D eigenvalue weighted by atomic mass is 10.0. The fourth-order valence-electron chi connectivity index (χ4n) is 4.54. The molecular formula is C37H64O7. The molecule has 44 heavy (non-hydrogen) atoms. The fourth-order valence-corrected chi connectivity index (χ4v) is 4.54. The molecule has 0 aliphatic rings. The molecule has 0 bridgehead atoms. The van der Waals surface area contributed by atoms with Crippen LogP contribution in [-0.4, -0.2) is 58.8 Å². The van der Waals surface area contributed by atoms with E-state index in [2.05, 4.69) is 20.8 Å². The average molecular weight is 621 g/mol. The van der Waals surface area contributed by atoms with Crippen molar-refractivity contribution in [1.29, 1.82) is 0 Å². The van der Waals surface area contributed by atoms with Crippen LogP contribution < -0.4 is 0 Å². The SMILES string of the molecule is CCCCC[C@H](O)/C=C/C=C\C/C=C\C=C\[C@H](O)CCCC(=O)OC[C@H](CO)OC(=O)CCCCCCCCCCC(C)C. The molecule has 0 aliphatic carbocycles. The van der Waals surface area contributed by atoms with Gasteiger partial charge in [-0.25, -0.2) is 0 Å². The van der Waals surface area contributed by atoms with Gasteiger partial charge in [0, 0.05) is 12.8 Å². The quantitative estimate of drug-likeness (QED) is 0.0440. The molecule has 0 spiro atoms. The second kappa shape index (κ2) is 30.8. The van der Waals surface area contributed by atoms with Gasteiger partial charge in [0.1, 0.15) is 6.61 Å². The number of carbonyl (C=O) groups excluding carboxylic acids is 2. The van der Waals surface area contributed by atoms with Crippen molar-refractivity contribution in [1.82, 2.24) is 0 Å². The molecule has 0 saturated carbocycles. The molecule has 0 fully saturated rings. The Morgan fingerprint density at radius 3 is 1.75 bits per heavy atom. The number of hydrogen-bond acceptors (Lipinski definition) is 7. The second-order valence-corrected chi connectivity index (χ2v) is 12.1. The molecular weight excluding hydrogens is 556 g/mol. The van der Waals surface area contributed by atoms with Crippen LogP contribution in [0.25, 0.3) is 0 Å². The summed E-state index contributed by atoms with van der Waals surface area (Å²) in [5.74, 6) is -0.0398. The Morgan fingerprint density at radius 2 is 1.18 bits per heavy atom. The summed E-state index contributed by atoms with van der Waals surface area (Å²) in [5, 5.41) is 29.4. The molecule has 7 nitrogen and oxygen atoms in total. The molecule has 0 aromatic heterocycles. The van der Waals surface area contributed by atoms with Crippen molar-refractivity contribution in [3.63, 3.8) is 0 Å². The van der Waals surface area contributed by atoms with Crippen LogP contribution in [0.5, 0.6) is 0 Å². The zero-order chi connectivity index (χ0) is 32.7. The first kappa shape index (κ1) is 41.8. The number of hydrogen-bond donors (Lipinski definition) is 3. The summed E-state index contributed by atoms with van der Waals surface area (Å²) in [5.41, 5.74) is 0. The molecule has 254 valence electrons. The Kier molecular flexibility index (Phi) is 29.2. The van der Waals surface area contributed by atoms with E-state index in [9.17, 15) is 24.9 Å². The van der Waals surface area contributed by atoms with Crippen LogP contribution in [0.1, 0.15) is 136 Å². The monoisotopic (exact) mass is 620 g/mol. The van der Waals surface area contributed by atoms with Crippen LogP contribution in [0.3, 0.4) is 0 Å². The Morgan fingerprint density at radius 1 is 0.659 bits per heavy atom. The highest BCUT2D eigenvalue weighted by atomic mass is 16.6. The van der Waals surface area contributed by atoms with Gasteiger partial charge in [-0.1, -0.05) is 140 Å². The van der Waals surface area contributed by atoms with Gasteiger partial charge in [-0.05, 0) is 38.0 Å². The Bertz CT molecular complexity index is 800. The predicted octanol–water partition coefficient (Wildman–Crippen LogP) is 8.08. The first-order valence-corrected chi connectivity index (χ1v) is 17.3. The van der Waals surface area contributed by atoms with E-state index in [1.54, 1.807) is 12.2 Å². The summed E-state index contributed by atoms with van der Waals surface area (Å²) in [6.07, 6.45) is 29.6. The van der Waals surface area contributed by atoms with E-state index in [0.717, 1.165) is 57.3 Å². The van der Waals surface area contributed by atoms with Crippen LogP contribution in [0, 0.1) is 5.92 Å². The molecule has 0 saturated heterocycles. The van der Waals surface area contributed by atoms with Crippen LogP contribution in [0.4, 0.5) is 0 Å². The van der Waals surface area contributed by atoms with Crippen LogP contribution in [0.15, 0.2) is 48.6 Å². The highest BCUT2D eigenvalue weighted by molar-refractivity contribution is 5.70. The number of unbranched alkanes of at least 4 members (excludes halogenated alkanes) is 9.